The third-order valence-electron chi connectivity index (χ3n) is 4.31. The number of aromatic nitrogens is 2. The molecule has 4 N–H and O–H groups in total. The minimum absolute atomic E-state index is 0.0625. The molecule has 0 saturated carbocycles. The molecule has 2 aromatic heterocycles. The molecule has 1 amide bonds. The van der Waals surface area contributed by atoms with Crippen LogP contribution >= 0.6 is 0 Å². The lowest BCUT2D eigenvalue weighted by Gasteiger charge is -2.12. The Balaban J connectivity index is 1.87. The highest BCUT2D eigenvalue weighted by atomic mass is 16.4. The van der Waals surface area contributed by atoms with E-state index in [1.54, 1.807) is 12.5 Å². The van der Waals surface area contributed by atoms with Crippen LogP contribution in [-0.2, 0) is 4.79 Å². The number of carbonyl (C=O) groups is 2. The van der Waals surface area contributed by atoms with E-state index < -0.39 is 5.97 Å². The number of rotatable bonds is 4. The van der Waals surface area contributed by atoms with Crippen LogP contribution in [0.25, 0.3) is 27.9 Å². The Labute approximate surface area is 159 Å². The van der Waals surface area contributed by atoms with Gasteiger partial charge in [-0.1, -0.05) is 18.2 Å². The lowest BCUT2D eigenvalue weighted by Crippen LogP contribution is -2.11. The number of carboxylic acids is 1. The largest absolute Gasteiger partial charge is 0.478 e. The van der Waals surface area contributed by atoms with Crippen LogP contribution in [0.15, 0.2) is 59.3 Å². The lowest BCUT2D eigenvalue weighted by atomic mass is 10.1. The third-order valence-corrected chi connectivity index (χ3v) is 4.31. The van der Waals surface area contributed by atoms with Crippen molar-refractivity contribution in [1.29, 1.82) is 0 Å². The van der Waals surface area contributed by atoms with E-state index >= 15 is 0 Å². The molecule has 0 aliphatic carbocycles. The van der Waals surface area contributed by atoms with Crippen molar-refractivity contribution in [2.45, 2.75) is 6.92 Å². The van der Waals surface area contributed by atoms with Crippen molar-refractivity contribution < 1.29 is 19.1 Å². The van der Waals surface area contributed by atoms with Crippen LogP contribution in [0.2, 0.25) is 0 Å². The van der Waals surface area contributed by atoms with Gasteiger partial charge >= 0.3 is 5.97 Å². The number of fused-ring (bicyclic) bond motifs is 1. The molecule has 0 atom stereocenters. The number of aromatic carboxylic acids is 1. The average molecular weight is 376 g/mol. The molecule has 0 unspecified atom stereocenters. The summed E-state index contributed by atoms with van der Waals surface area (Å²) in [6, 6.07) is 11.9. The Hall–Kier alpha value is -4.07. The second-order valence-corrected chi connectivity index (χ2v) is 6.22. The Morgan fingerprint density at radius 1 is 1.21 bits per heavy atom. The van der Waals surface area contributed by atoms with Gasteiger partial charge in [-0.3, -0.25) is 9.36 Å². The molecule has 0 radical (unpaired) electrons. The number of nitrogen functional groups attached to an aromatic ring is 1. The molecule has 2 aromatic carbocycles. The molecule has 0 saturated heterocycles. The van der Waals surface area contributed by atoms with Crippen LogP contribution in [0.5, 0.6) is 0 Å². The fourth-order valence-electron chi connectivity index (χ4n) is 3.05. The molecule has 0 aliphatic rings. The smallest absolute Gasteiger partial charge is 0.335 e. The van der Waals surface area contributed by atoms with Gasteiger partial charge in [-0.15, -0.1) is 0 Å². The standard InChI is InChI=1S/C20H16N4O4/c1-11(25)22-15-7-6-12(19(26)27)8-17(15)24-9-16(23-20(24)21)14-10-28-18-5-3-2-4-13(14)18/h2-10H,1H3,(H2,21,23)(H,22,25)(H,26,27). The SMILES string of the molecule is CC(=O)Nc1ccc(C(=O)O)cc1-n1cc(-c2coc3ccccc23)nc1N. The highest BCUT2D eigenvalue weighted by Crippen LogP contribution is 2.32. The molecule has 0 spiro atoms. The zero-order valence-corrected chi connectivity index (χ0v) is 14.8. The van der Waals surface area contributed by atoms with Gasteiger partial charge in [-0.05, 0) is 24.3 Å². The van der Waals surface area contributed by atoms with Crippen molar-refractivity contribution in [3.63, 3.8) is 0 Å². The van der Waals surface area contributed by atoms with Crippen LogP contribution in [-0.4, -0.2) is 26.5 Å². The van der Waals surface area contributed by atoms with Gasteiger partial charge < -0.3 is 20.6 Å². The number of nitrogens with two attached hydrogens (primary N) is 1. The van der Waals surface area contributed by atoms with Gasteiger partial charge in [0.25, 0.3) is 0 Å². The number of para-hydroxylation sites is 1. The fraction of sp³-hybridized carbons (Fsp3) is 0.0500. The van der Waals surface area contributed by atoms with Gasteiger partial charge in [-0.25, -0.2) is 9.78 Å². The maximum Gasteiger partial charge on any atom is 0.335 e. The number of hydrogen-bond donors (Lipinski definition) is 3. The van der Waals surface area contributed by atoms with E-state index in [1.807, 2.05) is 24.3 Å². The van der Waals surface area contributed by atoms with Crippen molar-refractivity contribution in [2.75, 3.05) is 11.1 Å². The minimum Gasteiger partial charge on any atom is -0.478 e. The predicted octanol–water partition coefficient (Wildman–Crippen LogP) is 3.52. The summed E-state index contributed by atoms with van der Waals surface area (Å²) in [5.41, 5.74) is 9.04. The summed E-state index contributed by atoms with van der Waals surface area (Å²) >= 11 is 0. The van der Waals surface area contributed by atoms with E-state index in [0.29, 0.717) is 17.1 Å². The van der Waals surface area contributed by atoms with Gasteiger partial charge in [0.1, 0.15) is 11.8 Å². The van der Waals surface area contributed by atoms with E-state index in [4.69, 9.17) is 10.2 Å². The number of imidazole rings is 1. The maximum absolute atomic E-state index is 11.5. The average Bonchev–Trinajstić information content (AvgIpc) is 3.25. The summed E-state index contributed by atoms with van der Waals surface area (Å²) < 4.78 is 7.10. The summed E-state index contributed by atoms with van der Waals surface area (Å²) in [5, 5.41) is 12.9. The molecule has 0 bridgehead atoms. The summed E-state index contributed by atoms with van der Waals surface area (Å²) in [4.78, 5) is 27.3. The van der Waals surface area contributed by atoms with E-state index in [9.17, 15) is 14.7 Å². The fourth-order valence-corrected chi connectivity index (χ4v) is 3.05. The number of nitrogens with zero attached hydrogens (tertiary/aromatic N) is 2. The lowest BCUT2D eigenvalue weighted by molar-refractivity contribution is -0.114. The van der Waals surface area contributed by atoms with Gasteiger partial charge in [0, 0.05) is 24.1 Å². The second-order valence-electron chi connectivity index (χ2n) is 6.22. The summed E-state index contributed by atoms with van der Waals surface area (Å²) in [6.45, 7) is 1.37. The second kappa shape index (κ2) is 6.58. The van der Waals surface area contributed by atoms with Crippen LogP contribution in [0.3, 0.4) is 0 Å². The Morgan fingerprint density at radius 2 is 2.00 bits per heavy atom. The van der Waals surface area contributed by atoms with Crippen LogP contribution in [0, 0.1) is 0 Å². The Bertz CT molecular complexity index is 1220. The van der Waals surface area contributed by atoms with E-state index in [1.165, 1.54) is 29.7 Å². The molecule has 8 heteroatoms. The monoisotopic (exact) mass is 376 g/mol. The highest BCUT2D eigenvalue weighted by molar-refractivity contribution is 5.95. The van der Waals surface area contributed by atoms with Gasteiger partial charge in [0.2, 0.25) is 11.9 Å². The quantitative estimate of drug-likeness (QED) is 0.501. The Morgan fingerprint density at radius 3 is 2.75 bits per heavy atom. The first-order valence-corrected chi connectivity index (χ1v) is 8.41. The number of amides is 1. The number of benzene rings is 2. The number of nitrogens with one attached hydrogen (secondary N) is 1. The normalized spacial score (nSPS) is 10.9. The zero-order valence-electron chi connectivity index (χ0n) is 14.8. The molecule has 140 valence electrons. The molecule has 8 nitrogen and oxygen atoms in total. The van der Waals surface area contributed by atoms with Crippen LogP contribution < -0.4 is 11.1 Å². The van der Waals surface area contributed by atoms with Crippen molar-refractivity contribution in [3.8, 4) is 16.9 Å². The number of hydrogen-bond acceptors (Lipinski definition) is 5. The topological polar surface area (TPSA) is 123 Å². The summed E-state index contributed by atoms with van der Waals surface area (Å²) in [6.07, 6.45) is 3.28. The number of anilines is 2. The van der Waals surface area contributed by atoms with E-state index in [2.05, 4.69) is 10.3 Å². The first kappa shape index (κ1) is 17.3. The van der Waals surface area contributed by atoms with Crippen molar-refractivity contribution in [1.82, 2.24) is 9.55 Å². The third kappa shape index (κ3) is 2.96. The first-order chi connectivity index (χ1) is 13.4. The predicted molar refractivity (Wildman–Crippen MR) is 104 cm³/mol. The van der Waals surface area contributed by atoms with Crippen LogP contribution in [0.1, 0.15) is 17.3 Å². The van der Waals surface area contributed by atoms with E-state index in [0.717, 1.165) is 16.5 Å². The number of furan rings is 1. The number of carboxylic acid groups (broad SMARTS) is 1. The van der Waals surface area contributed by atoms with Crippen molar-refractivity contribution in [2.24, 2.45) is 0 Å². The van der Waals surface area contributed by atoms with Gasteiger partial charge in [0.15, 0.2) is 0 Å². The molecule has 4 aromatic rings. The molecular formula is C20H16N4O4. The van der Waals surface area contributed by atoms with Gasteiger partial charge in [0.05, 0.1) is 22.6 Å². The van der Waals surface area contributed by atoms with Crippen molar-refractivity contribution in [3.05, 3.63) is 60.5 Å². The maximum atomic E-state index is 11.5. The number of carbonyl (C=O) groups excluding carboxylic acids is 1. The van der Waals surface area contributed by atoms with E-state index in [-0.39, 0.29) is 17.4 Å². The van der Waals surface area contributed by atoms with Crippen LogP contribution in [0.4, 0.5) is 11.6 Å². The first-order valence-electron chi connectivity index (χ1n) is 8.41. The summed E-state index contributed by atoms with van der Waals surface area (Å²) in [5.74, 6) is -1.23. The highest BCUT2D eigenvalue weighted by Gasteiger charge is 2.17. The van der Waals surface area contributed by atoms with Gasteiger partial charge in [-0.2, -0.15) is 0 Å². The van der Waals surface area contributed by atoms with Crippen molar-refractivity contribution >= 4 is 34.5 Å². The molecule has 28 heavy (non-hydrogen) atoms. The summed E-state index contributed by atoms with van der Waals surface area (Å²) in [7, 11) is 0. The molecule has 0 fully saturated rings. The Kier molecular flexibility index (Phi) is 4.08. The minimum atomic E-state index is -1.09. The molecule has 4 rings (SSSR count). The molecule has 2 heterocycles. The molecule has 0 aliphatic heterocycles. The zero-order chi connectivity index (χ0) is 19.8. The molecular weight excluding hydrogens is 360 g/mol.